The largest absolute Gasteiger partial charge is 0.355 e. The van der Waals surface area contributed by atoms with E-state index in [1.54, 1.807) is 12.4 Å². The fourth-order valence-electron chi connectivity index (χ4n) is 1.32. The highest BCUT2D eigenvalue weighted by Gasteiger charge is 2.05. The van der Waals surface area contributed by atoms with E-state index in [4.69, 9.17) is 0 Å². The highest BCUT2D eigenvalue weighted by Crippen LogP contribution is 2.02. The van der Waals surface area contributed by atoms with Gasteiger partial charge in [-0.3, -0.25) is 4.79 Å². The summed E-state index contributed by atoms with van der Waals surface area (Å²) >= 11 is 0. The molecular weight excluding hydrogens is 178 g/mol. The van der Waals surface area contributed by atoms with E-state index in [-0.39, 0.29) is 5.56 Å². The van der Waals surface area contributed by atoms with Crippen LogP contribution in [-0.4, -0.2) is 23.6 Å². The number of hydrogen-bond donors (Lipinski definition) is 1. The lowest BCUT2D eigenvalue weighted by molar-refractivity contribution is 0.699. The molecule has 0 atom stereocenters. The van der Waals surface area contributed by atoms with Crippen molar-refractivity contribution >= 4 is 5.82 Å². The van der Waals surface area contributed by atoms with Crippen molar-refractivity contribution in [2.24, 2.45) is 0 Å². The SMILES string of the molecule is CCCCCN(C)c1ncc[nH]c1=O. The van der Waals surface area contributed by atoms with E-state index in [9.17, 15) is 4.79 Å². The summed E-state index contributed by atoms with van der Waals surface area (Å²) in [6.07, 6.45) is 6.63. The zero-order valence-electron chi connectivity index (χ0n) is 8.79. The van der Waals surface area contributed by atoms with E-state index in [1.807, 2.05) is 11.9 Å². The lowest BCUT2D eigenvalue weighted by Crippen LogP contribution is -2.26. The van der Waals surface area contributed by atoms with Gasteiger partial charge in [0.15, 0.2) is 5.82 Å². The molecule has 0 amide bonds. The molecule has 0 aliphatic carbocycles. The number of H-pyrrole nitrogens is 1. The zero-order valence-corrected chi connectivity index (χ0v) is 8.79. The van der Waals surface area contributed by atoms with Gasteiger partial charge < -0.3 is 9.88 Å². The van der Waals surface area contributed by atoms with E-state index in [0.29, 0.717) is 5.82 Å². The average Bonchev–Trinajstić information content (AvgIpc) is 2.18. The molecule has 1 N–H and O–H groups in total. The Morgan fingerprint density at radius 2 is 2.29 bits per heavy atom. The van der Waals surface area contributed by atoms with Crippen molar-refractivity contribution in [2.45, 2.75) is 26.2 Å². The molecule has 14 heavy (non-hydrogen) atoms. The summed E-state index contributed by atoms with van der Waals surface area (Å²) < 4.78 is 0. The molecule has 0 aliphatic rings. The Morgan fingerprint density at radius 1 is 1.50 bits per heavy atom. The standard InChI is InChI=1S/C10H17N3O/c1-3-4-5-8-13(2)9-10(14)12-7-6-11-9/h6-7H,3-5,8H2,1-2H3,(H,12,14). The summed E-state index contributed by atoms with van der Waals surface area (Å²) in [5, 5.41) is 0. The molecule has 1 aromatic rings. The van der Waals surface area contributed by atoms with E-state index in [0.717, 1.165) is 13.0 Å². The molecule has 4 heteroatoms. The molecule has 0 bridgehead atoms. The second-order valence-corrected chi connectivity index (χ2v) is 3.37. The van der Waals surface area contributed by atoms with Gasteiger partial charge >= 0.3 is 0 Å². The lowest BCUT2D eigenvalue weighted by Gasteiger charge is -2.16. The Bertz CT molecular complexity index is 321. The van der Waals surface area contributed by atoms with Gasteiger partial charge in [-0.1, -0.05) is 19.8 Å². The van der Waals surface area contributed by atoms with Crippen molar-refractivity contribution in [2.75, 3.05) is 18.5 Å². The predicted molar refractivity (Wildman–Crippen MR) is 57.7 cm³/mol. The highest BCUT2D eigenvalue weighted by molar-refractivity contribution is 5.33. The van der Waals surface area contributed by atoms with Gasteiger partial charge in [0, 0.05) is 26.0 Å². The van der Waals surface area contributed by atoms with Gasteiger partial charge in [0.1, 0.15) is 0 Å². The molecule has 0 fully saturated rings. The Balaban J connectivity index is 2.56. The van der Waals surface area contributed by atoms with Crippen LogP contribution in [-0.2, 0) is 0 Å². The van der Waals surface area contributed by atoms with E-state index in [2.05, 4.69) is 16.9 Å². The molecule has 0 aromatic carbocycles. The third-order valence-electron chi connectivity index (χ3n) is 2.15. The van der Waals surface area contributed by atoms with Gasteiger partial charge in [-0.15, -0.1) is 0 Å². The molecule has 4 nitrogen and oxygen atoms in total. The molecule has 1 aromatic heterocycles. The third-order valence-corrected chi connectivity index (χ3v) is 2.15. The maximum Gasteiger partial charge on any atom is 0.290 e. The fraction of sp³-hybridized carbons (Fsp3) is 0.600. The van der Waals surface area contributed by atoms with E-state index in [1.165, 1.54) is 12.8 Å². The molecule has 0 saturated carbocycles. The lowest BCUT2D eigenvalue weighted by atomic mass is 10.2. The minimum absolute atomic E-state index is 0.119. The minimum atomic E-state index is -0.119. The topological polar surface area (TPSA) is 49.0 Å². The second kappa shape index (κ2) is 5.42. The highest BCUT2D eigenvalue weighted by atomic mass is 16.1. The number of hydrogen-bond acceptors (Lipinski definition) is 3. The van der Waals surface area contributed by atoms with Crippen molar-refractivity contribution in [3.63, 3.8) is 0 Å². The average molecular weight is 195 g/mol. The first-order valence-corrected chi connectivity index (χ1v) is 5.00. The molecule has 78 valence electrons. The fourth-order valence-corrected chi connectivity index (χ4v) is 1.32. The Labute approximate surface area is 84.0 Å². The van der Waals surface area contributed by atoms with E-state index >= 15 is 0 Å². The monoisotopic (exact) mass is 195 g/mol. The normalized spacial score (nSPS) is 10.1. The number of nitrogens with one attached hydrogen (secondary N) is 1. The number of aromatic nitrogens is 2. The van der Waals surface area contributed by atoms with Gasteiger partial charge in [-0.25, -0.2) is 4.98 Å². The van der Waals surface area contributed by atoms with Gasteiger partial charge in [0.25, 0.3) is 5.56 Å². The summed E-state index contributed by atoms with van der Waals surface area (Å²) in [5.41, 5.74) is -0.119. The van der Waals surface area contributed by atoms with Crippen LogP contribution in [0.1, 0.15) is 26.2 Å². The summed E-state index contributed by atoms with van der Waals surface area (Å²) in [6, 6.07) is 0. The minimum Gasteiger partial charge on any atom is -0.355 e. The van der Waals surface area contributed by atoms with Gasteiger partial charge in [-0.05, 0) is 6.42 Å². The van der Waals surface area contributed by atoms with Gasteiger partial charge in [-0.2, -0.15) is 0 Å². The first kappa shape index (κ1) is 10.8. The quantitative estimate of drug-likeness (QED) is 0.722. The molecule has 0 aliphatic heterocycles. The van der Waals surface area contributed by atoms with Crippen LogP contribution < -0.4 is 10.5 Å². The van der Waals surface area contributed by atoms with Crippen LogP contribution in [0, 0.1) is 0 Å². The Hall–Kier alpha value is -1.32. The van der Waals surface area contributed by atoms with Crippen LogP contribution in [0.15, 0.2) is 17.2 Å². The predicted octanol–water partition coefficient (Wildman–Crippen LogP) is 1.40. The van der Waals surface area contributed by atoms with Crippen molar-refractivity contribution in [1.29, 1.82) is 0 Å². The van der Waals surface area contributed by atoms with Crippen LogP contribution in [0.5, 0.6) is 0 Å². The van der Waals surface area contributed by atoms with Crippen LogP contribution >= 0.6 is 0 Å². The molecule has 1 rings (SSSR count). The first-order valence-electron chi connectivity index (χ1n) is 5.00. The molecule has 0 spiro atoms. The maximum absolute atomic E-state index is 11.3. The number of unbranched alkanes of at least 4 members (excludes halogenated alkanes) is 2. The number of aromatic amines is 1. The van der Waals surface area contributed by atoms with Crippen molar-refractivity contribution < 1.29 is 0 Å². The summed E-state index contributed by atoms with van der Waals surface area (Å²) in [5.74, 6) is 0.503. The number of anilines is 1. The molecular formula is C10H17N3O. The zero-order chi connectivity index (χ0) is 10.4. The Morgan fingerprint density at radius 3 is 2.93 bits per heavy atom. The van der Waals surface area contributed by atoms with Crippen LogP contribution in [0.2, 0.25) is 0 Å². The molecule has 0 saturated heterocycles. The Kier molecular flexibility index (Phi) is 4.16. The summed E-state index contributed by atoms with van der Waals surface area (Å²) in [7, 11) is 1.90. The first-order chi connectivity index (χ1) is 6.75. The maximum atomic E-state index is 11.3. The number of nitrogens with zero attached hydrogens (tertiary/aromatic N) is 2. The van der Waals surface area contributed by atoms with Crippen molar-refractivity contribution in [3.05, 3.63) is 22.7 Å². The number of rotatable bonds is 5. The van der Waals surface area contributed by atoms with Gasteiger partial charge in [0.2, 0.25) is 0 Å². The van der Waals surface area contributed by atoms with Crippen molar-refractivity contribution in [1.82, 2.24) is 9.97 Å². The second-order valence-electron chi connectivity index (χ2n) is 3.37. The smallest absolute Gasteiger partial charge is 0.290 e. The van der Waals surface area contributed by atoms with Crippen LogP contribution in [0.3, 0.4) is 0 Å². The summed E-state index contributed by atoms with van der Waals surface area (Å²) in [6.45, 7) is 3.04. The van der Waals surface area contributed by atoms with Crippen LogP contribution in [0.25, 0.3) is 0 Å². The molecule has 0 radical (unpaired) electrons. The van der Waals surface area contributed by atoms with Gasteiger partial charge in [0.05, 0.1) is 0 Å². The third kappa shape index (κ3) is 2.87. The molecule has 0 unspecified atom stereocenters. The van der Waals surface area contributed by atoms with Crippen molar-refractivity contribution in [3.8, 4) is 0 Å². The molecule has 1 heterocycles. The van der Waals surface area contributed by atoms with E-state index < -0.39 is 0 Å². The van der Waals surface area contributed by atoms with Crippen LogP contribution in [0.4, 0.5) is 5.82 Å². The summed E-state index contributed by atoms with van der Waals surface area (Å²) in [4.78, 5) is 19.9.